The largest absolute Gasteiger partial charge is 0.444 e. The van der Waals surface area contributed by atoms with E-state index in [4.69, 9.17) is 21.1 Å². The maximum atomic E-state index is 14.8. The van der Waals surface area contributed by atoms with Crippen LogP contribution in [0.25, 0.3) is 0 Å². The van der Waals surface area contributed by atoms with E-state index in [-0.39, 0.29) is 37.8 Å². The second-order valence-corrected chi connectivity index (χ2v) is 18.9. The highest BCUT2D eigenvalue weighted by molar-refractivity contribution is 7.91. The van der Waals surface area contributed by atoms with Crippen molar-refractivity contribution in [3.63, 3.8) is 0 Å². The molecule has 14 nitrogen and oxygen atoms in total. The Bertz CT molecular complexity index is 1950. The number of benzene rings is 2. The van der Waals surface area contributed by atoms with Crippen molar-refractivity contribution in [2.75, 3.05) is 43.1 Å². The van der Waals surface area contributed by atoms with E-state index in [1.807, 2.05) is 64.1 Å². The first-order valence-corrected chi connectivity index (χ1v) is 21.1. The van der Waals surface area contributed by atoms with Crippen LogP contribution >= 0.6 is 11.6 Å². The van der Waals surface area contributed by atoms with Crippen molar-refractivity contribution in [1.82, 2.24) is 19.8 Å². The Labute approximate surface area is 327 Å². The van der Waals surface area contributed by atoms with Gasteiger partial charge in [0, 0.05) is 42.5 Å². The van der Waals surface area contributed by atoms with Crippen LogP contribution in [0, 0.1) is 11.3 Å². The predicted octanol–water partition coefficient (Wildman–Crippen LogP) is 4.02. The number of fused-ring (bicyclic) bond motifs is 1. The van der Waals surface area contributed by atoms with Crippen LogP contribution in [0.4, 0.5) is 16.2 Å². The molecule has 0 aromatic heterocycles. The average molecular weight is 799 g/mol. The molecule has 16 heteroatoms. The van der Waals surface area contributed by atoms with Crippen LogP contribution in [-0.2, 0) is 47.0 Å². The Kier molecular flexibility index (Phi) is 10.8. The zero-order chi connectivity index (χ0) is 39.3. The van der Waals surface area contributed by atoms with E-state index in [9.17, 15) is 27.6 Å². The molecular weight excluding hydrogens is 748 g/mol. The number of ether oxygens (including phenoxy) is 2. The number of nitrogens with one attached hydrogen (secondary N) is 3. The van der Waals surface area contributed by atoms with E-state index in [0.29, 0.717) is 44.0 Å². The van der Waals surface area contributed by atoms with Crippen molar-refractivity contribution in [2.45, 2.75) is 102 Å². The van der Waals surface area contributed by atoms with E-state index in [1.165, 1.54) is 9.80 Å². The van der Waals surface area contributed by atoms with E-state index in [1.54, 1.807) is 6.07 Å². The lowest BCUT2D eigenvalue weighted by molar-refractivity contribution is -0.141. The molecule has 5 atom stereocenters. The summed E-state index contributed by atoms with van der Waals surface area (Å²) in [5.74, 6) is -2.03. The van der Waals surface area contributed by atoms with Gasteiger partial charge in [-0.3, -0.25) is 24.0 Å². The number of carbonyl (C=O) groups is 4. The molecule has 0 spiro atoms. The van der Waals surface area contributed by atoms with Crippen LogP contribution in [0.3, 0.4) is 0 Å². The molecule has 2 saturated carbocycles. The van der Waals surface area contributed by atoms with E-state index in [0.717, 1.165) is 35.6 Å². The summed E-state index contributed by atoms with van der Waals surface area (Å²) in [6, 6.07) is 11.4. The molecule has 7 rings (SSSR count). The highest BCUT2D eigenvalue weighted by Crippen LogP contribution is 2.47. The molecule has 0 radical (unpaired) electrons. The van der Waals surface area contributed by atoms with Crippen LogP contribution < -0.4 is 20.3 Å². The number of hydrogen-bond donors (Lipinski definition) is 3. The Morgan fingerprint density at radius 3 is 2.44 bits per heavy atom. The molecule has 3 aliphatic heterocycles. The van der Waals surface area contributed by atoms with Gasteiger partial charge in [-0.2, -0.15) is 0 Å². The molecule has 0 bridgehead atoms. The zero-order valence-corrected chi connectivity index (χ0v) is 33.4. The van der Waals surface area contributed by atoms with Crippen LogP contribution in [-0.4, -0.2) is 104 Å². The molecule has 3 N–H and O–H groups in total. The Morgan fingerprint density at radius 1 is 1.05 bits per heavy atom. The van der Waals surface area contributed by atoms with Crippen LogP contribution in [0.2, 0.25) is 5.02 Å². The highest BCUT2D eigenvalue weighted by atomic mass is 35.5. The summed E-state index contributed by atoms with van der Waals surface area (Å²) in [6.07, 6.45) is 0.327. The van der Waals surface area contributed by atoms with Gasteiger partial charge in [0.1, 0.15) is 23.7 Å². The van der Waals surface area contributed by atoms with Gasteiger partial charge in [0.05, 0.1) is 31.6 Å². The standard InChI is InChI=1S/C39H51ClN6O8S/c1-5-25-20-39(25,36(49)43-55(51,52)29-12-13-29)42-34(47)32-19-28(54-37(50)45-21-24-8-6-11-31(40)30(24)23-45)22-46(32)35(48)33(38(2,3)4)41-26-9-7-10-27(18-26)44-14-16-53-17-15-44/h6-11,18,25,28-29,32-33,41H,5,12-17,19-23H2,1-4H3,(H,42,47)(H,43,49). The van der Waals surface area contributed by atoms with Crippen molar-refractivity contribution in [1.29, 1.82) is 0 Å². The van der Waals surface area contributed by atoms with Gasteiger partial charge in [-0.1, -0.05) is 63.9 Å². The number of halogens is 1. The summed E-state index contributed by atoms with van der Waals surface area (Å²) in [6.45, 7) is 10.9. The van der Waals surface area contributed by atoms with Gasteiger partial charge in [0.2, 0.25) is 21.8 Å². The molecule has 4 fully saturated rings. The van der Waals surface area contributed by atoms with Crippen LogP contribution in [0.1, 0.15) is 70.9 Å². The predicted molar refractivity (Wildman–Crippen MR) is 207 cm³/mol. The Balaban J connectivity index is 1.13. The number of rotatable bonds is 11. The van der Waals surface area contributed by atoms with Gasteiger partial charge in [-0.15, -0.1) is 0 Å². The molecule has 2 aliphatic carbocycles. The Hall–Kier alpha value is -4.08. The highest BCUT2D eigenvalue weighted by Gasteiger charge is 2.62. The monoisotopic (exact) mass is 798 g/mol. The fraction of sp³-hybridized carbons (Fsp3) is 0.590. The van der Waals surface area contributed by atoms with Gasteiger partial charge in [0.25, 0.3) is 5.91 Å². The van der Waals surface area contributed by atoms with Crippen LogP contribution in [0.15, 0.2) is 42.5 Å². The number of amides is 4. The first-order chi connectivity index (χ1) is 26.1. The lowest BCUT2D eigenvalue weighted by Crippen LogP contribution is -2.58. The smallest absolute Gasteiger partial charge is 0.410 e. The van der Waals surface area contributed by atoms with Crippen LogP contribution in [0.5, 0.6) is 0 Å². The first kappa shape index (κ1) is 39.2. The summed E-state index contributed by atoms with van der Waals surface area (Å²) < 4.78 is 39.3. The quantitative estimate of drug-likeness (QED) is 0.302. The summed E-state index contributed by atoms with van der Waals surface area (Å²) >= 11 is 6.40. The minimum atomic E-state index is -3.86. The minimum Gasteiger partial charge on any atom is -0.444 e. The van der Waals surface area contributed by atoms with Crippen molar-refractivity contribution in [2.24, 2.45) is 11.3 Å². The lowest BCUT2D eigenvalue weighted by Gasteiger charge is -2.36. The molecule has 3 heterocycles. The molecule has 5 unspecified atom stereocenters. The SMILES string of the molecule is CCC1CC1(NC(=O)C1CC(OC(=O)N2Cc3cccc(Cl)c3C2)CN1C(=O)C(Nc1cccc(N2CCOCC2)c1)C(C)(C)C)C(=O)NS(=O)(=O)C1CC1. The lowest BCUT2D eigenvalue weighted by atomic mass is 9.85. The van der Waals surface area contributed by atoms with E-state index >= 15 is 0 Å². The number of likely N-dealkylation sites (tertiary alicyclic amines) is 1. The summed E-state index contributed by atoms with van der Waals surface area (Å²) in [4.78, 5) is 61.5. The van der Waals surface area contributed by atoms with Crippen molar-refractivity contribution in [3.05, 3.63) is 58.6 Å². The fourth-order valence-electron chi connectivity index (χ4n) is 7.99. The first-order valence-electron chi connectivity index (χ1n) is 19.2. The third-order valence-electron chi connectivity index (χ3n) is 11.5. The molecule has 55 heavy (non-hydrogen) atoms. The van der Waals surface area contributed by atoms with Gasteiger partial charge in [-0.25, -0.2) is 13.2 Å². The van der Waals surface area contributed by atoms with Gasteiger partial charge in [-0.05, 0) is 66.0 Å². The summed E-state index contributed by atoms with van der Waals surface area (Å²) in [5, 5.41) is 6.28. The topological polar surface area (TPSA) is 167 Å². The minimum absolute atomic E-state index is 0.0108. The summed E-state index contributed by atoms with van der Waals surface area (Å²) in [5.41, 5.74) is 1.42. The average Bonchev–Trinajstić information content (AvgIpc) is 4.04. The number of sulfonamides is 1. The molecule has 2 aromatic rings. The zero-order valence-electron chi connectivity index (χ0n) is 31.8. The number of carbonyl (C=O) groups excluding carboxylic acids is 4. The summed E-state index contributed by atoms with van der Waals surface area (Å²) in [7, 11) is -3.86. The van der Waals surface area contributed by atoms with Crippen molar-refractivity contribution < 1.29 is 37.1 Å². The second kappa shape index (κ2) is 15.1. The Morgan fingerprint density at radius 2 is 1.78 bits per heavy atom. The normalized spacial score (nSPS) is 25.5. The molecule has 5 aliphatic rings. The number of morpholine rings is 1. The number of anilines is 2. The molecular formula is C39H51ClN6O8S. The maximum absolute atomic E-state index is 14.8. The van der Waals surface area contributed by atoms with E-state index < -0.39 is 62.3 Å². The number of nitrogens with zero attached hydrogens (tertiary/aromatic N) is 3. The molecule has 2 aromatic carbocycles. The van der Waals surface area contributed by atoms with Gasteiger partial charge in [0.15, 0.2) is 0 Å². The second-order valence-electron chi connectivity index (χ2n) is 16.5. The van der Waals surface area contributed by atoms with Crippen molar-refractivity contribution in [3.8, 4) is 0 Å². The molecule has 4 amide bonds. The van der Waals surface area contributed by atoms with Gasteiger partial charge >= 0.3 is 6.09 Å². The number of hydrogen-bond acceptors (Lipinski definition) is 10. The van der Waals surface area contributed by atoms with Crippen molar-refractivity contribution >= 4 is 56.8 Å². The third-order valence-corrected chi connectivity index (χ3v) is 13.7. The maximum Gasteiger partial charge on any atom is 0.410 e. The fourth-order valence-corrected chi connectivity index (χ4v) is 9.61. The third kappa shape index (κ3) is 8.24. The molecule has 298 valence electrons. The molecule has 2 saturated heterocycles. The van der Waals surface area contributed by atoms with Gasteiger partial charge < -0.3 is 29.9 Å². The van der Waals surface area contributed by atoms with E-state index in [2.05, 4.69) is 20.3 Å².